The summed E-state index contributed by atoms with van der Waals surface area (Å²) in [7, 11) is 7.64. The molecule has 9 heteroatoms. The van der Waals surface area contributed by atoms with Crippen LogP contribution in [0.5, 0.6) is 46.0 Å². The van der Waals surface area contributed by atoms with E-state index in [9.17, 15) is 10.2 Å². The Morgan fingerprint density at radius 3 is 1.89 bits per heavy atom. The van der Waals surface area contributed by atoms with Crippen LogP contribution in [0.15, 0.2) is 60.7 Å². The van der Waals surface area contributed by atoms with Crippen LogP contribution in [0.1, 0.15) is 45.5 Å². The third-order valence-corrected chi connectivity index (χ3v) is 9.59. The number of phenolic OH excluding ortho intramolecular Hbond substituents is 2. The predicted molar refractivity (Wildman–Crippen MR) is 167 cm³/mol. The van der Waals surface area contributed by atoms with E-state index in [1.54, 1.807) is 26.4 Å². The largest absolute Gasteiger partial charge is 1.00 e. The Balaban J connectivity index is 0.00000357. The number of benzene rings is 4. The molecule has 3 N–H and O–H groups in total. The zero-order valence-electron chi connectivity index (χ0n) is 26.0. The molecule has 0 saturated carbocycles. The van der Waals surface area contributed by atoms with Crippen molar-refractivity contribution in [3.8, 4) is 46.0 Å². The van der Waals surface area contributed by atoms with Crippen molar-refractivity contribution in [2.24, 2.45) is 0 Å². The Bertz CT molecular complexity index is 1620. The fourth-order valence-corrected chi connectivity index (χ4v) is 7.02. The Morgan fingerprint density at radius 2 is 1.29 bits per heavy atom. The number of rotatable bonds is 2. The molecule has 3 aliphatic rings. The summed E-state index contributed by atoms with van der Waals surface area (Å²) in [5.41, 5.74) is 6.85. The number of methoxy groups -OCH3 is 2. The van der Waals surface area contributed by atoms with Gasteiger partial charge < -0.3 is 46.5 Å². The summed E-state index contributed by atoms with van der Waals surface area (Å²) in [5, 5.41) is 21.8. The molecule has 0 fully saturated rings. The molecule has 1 unspecified atom stereocenters. The summed E-state index contributed by atoms with van der Waals surface area (Å²) in [6.07, 6.45) is 3.24. The van der Waals surface area contributed by atoms with Crippen LogP contribution in [-0.2, 0) is 25.7 Å². The Kier molecular flexibility index (Phi) is 8.48. The van der Waals surface area contributed by atoms with Crippen molar-refractivity contribution in [3.63, 3.8) is 0 Å². The van der Waals surface area contributed by atoms with E-state index in [2.05, 4.69) is 43.3 Å². The highest BCUT2D eigenvalue weighted by atomic mass is 35.5. The van der Waals surface area contributed by atoms with E-state index in [1.807, 2.05) is 24.3 Å². The van der Waals surface area contributed by atoms with Crippen LogP contribution < -0.4 is 36.3 Å². The monoisotopic (exact) mass is 630 g/mol. The van der Waals surface area contributed by atoms with Gasteiger partial charge in [0, 0.05) is 31.0 Å². The fraction of sp³-hybridized carbons (Fsp3) is 0.333. The Hall–Kier alpha value is -4.11. The quantitative estimate of drug-likeness (QED) is 0.313. The molecule has 3 aliphatic heterocycles. The second kappa shape index (κ2) is 12.4. The summed E-state index contributed by atoms with van der Waals surface area (Å²) in [5.74, 6) is 3.38. The number of nitrogens with one attached hydrogen (secondary N) is 1. The highest BCUT2D eigenvalue weighted by Gasteiger charge is 2.32. The van der Waals surface area contributed by atoms with E-state index in [0.29, 0.717) is 40.9 Å². The first-order valence-electron chi connectivity index (χ1n) is 15.2. The van der Waals surface area contributed by atoms with Gasteiger partial charge in [-0.3, -0.25) is 4.90 Å². The molecule has 8 nitrogen and oxygen atoms in total. The van der Waals surface area contributed by atoms with Crippen molar-refractivity contribution in [3.05, 3.63) is 94.0 Å². The summed E-state index contributed by atoms with van der Waals surface area (Å²) in [6, 6.07) is 19.7. The van der Waals surface area contributed by atoms with Crippen molar-refractivity contribution in [1.82, 2.24) is 4.90 Å². The standard InChI is InChI=1S/C36H38N2O6.ClH/c1-37-11-9-23-17-33(41-3)35-19-25(23)27(37)13-21-5-7-29(39)31(15-21)44-36-20-26-24(18-34(36)42-4)10-12-38(2)28(26)14-22-6-8-30(40)32(16-22)43-35;/h5-8,15-20,27-28,39-40H,9-14H2,1-4H3;1H/t27-,28-;/m0./s1. The second-order valence-electron chi connectivity index (χ2n) is 12.3. The van der Waals surface area contributed by atoms with Gasteiger partial charge in [-0.05, 0) is 96.2 Å². The summed E-state index contributed by atoms with van der Waals surface area (Å²) in [4.78, 5) is 3.73. The molecule has 0 radical (unpaired) electrons. The third kappa shape index (κ3) is 5.74. The Labute approximate surface area is 270 Å². The van der Waals surface area contributed by atoms with Gasteiger partial charge in [0.05, 0.1) is 27.8 Å². The molecule has 4 aromatic rings. The Morgan fingerprint density at radius 1 is 0.733 bits per heavy atom. The number of hydrogen-bond acceptors (Lipinski definition) is 7. The third-order valence-electron chi connectivity index (χ3n) is 9.59. The lowest BCUT2D eigenvalue weighted by Crippen LogP contribution is -3.10. The maximum Gasteiger partial charge on any atom is 0.170 e. The summed E-state index contributed by atoms with van der Waals surface area (Å²) in [6.45, 7) is 1.88. The molecule has 4 aromatic carbocycles. The predicted octanol–water partition coefficient (Wildman–Crippen LogP) is 2.14. The van der Waals surface area contributed by atoms with E-state index in [0.717, 1.165) is 49.0 Å². The molecule has 0 aliphatic carbocycles. The average molecular weight is 631 g/mol. The van der Waals surface area contributed by atoms with Gasteiger partial charge in [0.15, 0.2) is 46.0 Å². The minimum Gasteiger partial charge on any atom is -1.00 e. The van der Waals surface area contributed by atoms with Gasteiger partial charge in [0.2, 0.25) is 0 Å². The van der Waals surface area contributed by atoms with E-state index in [1.165, 1.54) is 21.6 Å². The van der Waals surface area contributed by atoms with E-state index in [-0.39, 0.29) is 36.0 Å². The minimum absolute atomic E-state index is 0. The van der Waals surface area contributed by atoms with Crippen LogP contribution in [0, 0.1) is 0 Å². The average Bonchev–Trinajstić information content (AvgIpc) is 3.02. The summed E-state index contributed by atoms with van der Waals surface area (Å²) >= 11 is 0. The molecule has 0 saturated heterocycles. The molecule has 7 rings (SSSR count). The molecule has 236 valence electrons. The molecule has 0 amide bonds. The molecule has 0 spiro atoms. The van der Waals surface area contributed by atoms with E-state index in [4.69, 9.17) is 18.9 Å². The number of nitrogens with zero attached hydrogens (tertiary/aromatic N) is 1. The SMILES string of the molecule is COc1cc2c3cc1Oc1cc(ccc1O)C[C@H]1c4cc(c(OC)cc4CC[NH+]1C)Oc1cc(ccc1O)C[C@@H]3N(C)CC2.[Cl-]. The van der Waals surface area contributed by atoms with Gasteiger partial charge in [-0.15, -0.1) is 0 Å². The number of quaternary nitrogens is 1. The molecular weight excluding hydrogens is 592 g/mol. The van der Waals surface area contributed by atoms with E-state index >= 15 is 0 Å². The topological polar surface area (TPSA) is 85.1 Å². The zero-order valence-corrected chi connectivity index (χ0v) is 26.8. The number of fused-ring (bicyclic) bond motifs is 6. The molecule has 3 atom stereocenters. The number of aromatic hydroxyl groups is 2. The van der Waals surface area contributed by atoms with Gasteiger partial charge >= 0.3 is 0 Å². The van der Waals surface area contributed by atoms with Crippen molar-refractivity contribution in [1.29, 1.82) is 0 Å². The molecular formula is C36H39ClN2O6. The number of hydrogen-bond donors (Lipinski definition) is 3. The number of ether oxygens (including phenoxy) is 4. The zero-order chi connectivity index (χ0) is 30.5. The van der Waals surface area contributed by atoms with Crippen LogP contribution in [0.25, 0.3) is 0 Å². The highest BCUT2D eigenvalue weighted by Crippen LogP contribution is 2.45. The van der Waals surface area contributed by atoms with Crippen molar-refractivity contribution < 1.29 is 46.5 Å². The van der Waals surface area contributed by atoms with Crippen LogP contribution in [0.4, 0.5) is 0 Å². The highest BCUT2D eigenvalue weighted by molar-refractivity contribution is 5.56. The first-order valence-corrected chi connectivity index (χ1v) is 15.2. The lowest BCUT2D eigenvalue weighted by Gasteiger charge is -2.35. The minimum atomic E-state index is 0. The maximum absolute atomic E-state index is 10.9. The van der Waals surface area contributed by atoms with Gasteiger partial charge in [0.25, 0.3) is 0 Å². The lowest BCUT2D eigenvalue weighted by molar-refractivity contribution is -0.914. The van der Waals surface area contributed by atoms with Gasteiger partial charge in [-0.25, -0.2) is 0 Å². The van der Waals surface area contributed by atoms with Crippen LogP contribution in [0.3, 0.4) is 0 Å². The first kappa shape index (κ1) is 30.9. The number of likely N-dealkylation sites (N-methyl/N-ethyl adjacent to an activating group) is 2. The summed E-state index contributed by atoms with van der Waals surface area (Å²) < 4.78 is 24.5. The van der Waals surface area contributed by atoms with Crippen molar-refractivity contribution in [2.45, 2.75) is 37.8 Å². The van der Waals surface area contributed by atoms with Crippen molar-refractivity contribution in [2.75, 3.05) is 41.4 Å². The van der Waals surface area contributed by atoms with Gasteiger partial charge in [-0.1, -0.05) is 12.1 Å². The number of phenols is 2. The van der Waals surface area contributed by atoms with E-state index < -0.39 is 0 Å². The van der Waals surface area contributed by atoms with Crippen LogP contribution in [-0.4, -0.2) is 56.5 Å². The van der Waals surface area contributed by atoms with Crippen LogP contribution >= 0.6 is 0 Å². The normalized spacial score (nSPS) is 20.4. The first-order chi connectivity index (χ1) is 21.3. The fourth-order valence-electron chi connectivity index (χ4n) is 7.02. The van der Waals surface area contributed by atoms with Gasteiger partial charge in [0.1, 0.15) is 6.04 Å². The lowest BCUT2D eigenvalue weighted by atomic mass is 9.88. The van der Waals surface area contributed by atoms with Crippen LogP contribution in [0.2, 0.25) is 0 Å². The molecule has 0 aromatic heterocycles. The smallest absolute Gasteiger partial charge is 0.170 e. The van der Waals surface area contributed by atoms with Crippen molar-refractivity contribution >= 4 is 0 Å². The number of halogens is 1. The molecule has 45 heavy (non-hydrogen) atoms. The van der Waals surface area contributed by atoms with Gasteiger partial charge in [-0.2, -0.15) is 0 Å². The molecule has 8 bridgehead atoms. The maximum atomic E-state index is 10.9. The second-order valence-corrected chi connectivity index (χ2v) is 12.3. The molecule has 3 heterocycles.